The van der Waals surface area contributed by atoms with E-state index in [1.165, 1.54) is 42.4 Å². The van der Waals surface area contributed by atoms with Crippen molar-refractivity contribution in [3.8, 4) is 0 Å². The van der Waals surface area contributed by atoms with Gasteiger partial charge in [-0.15, -0.1) is 0 Å². The molecular formula is C20H27N. The Kier molecular flexibility index (Phi) is 6.49. The molecule has 0 fully saturated rings. The first-order valence-corrected chi connectivity index (χ1v) is 8.13. The summed E-state index contributed by atoms with van der Waals surface area (Å²) in [5.74, 6) is 0. The van der Waals surface area contributed by atoms with Gasteiger partial charge in [0.05, 0.1) is 0 Å². The first kappa shape index (κ1) is 15.8. The molecule has 2 aromatic carbocycles. The molecule has 1 heteroatoms. The van der Waals surface area contributed by atoms with Gasteiger partial charge in [-0.25, -0.2) is 0 Å². The monoisotopic (exact) mass is 281 g/mol. The number of hydrogen-bond donors (Lipinski definition) is 1. The molecule has 0 radical (unpaired) electrons. The maximum absolute atomic E-state index is 3.46. The Morgan fingerprint density at radius 3 is 2.14 bits per heavy atom. The van der Waals surface area contributed by atoms with Crippen LogP contribution in [0.25, 0.3) is 0 Å². The highest BCUT2D eigenvalue weighted by atomic mass is 14.9. The first-order valence-electron chi connectivity index (χ1n) is 8.13. The summed E-state index contributed by atoms with van der Waals surface area (Å²) >= 11 is 0. The van der Waals surface area contributed by atoms with E-state index < -0.39 is 0 Å². The summed E-state index contributed by atoms with van der Waals surface area (Å²) in [5.41, 5.74) is 4.29. The summed E-state index contributed by atoms with van der Waals surface area (Å²) in [6.45, 7) is 2.23. The van der Waals surface area contributed by atoms with Crippen LogP contribution in [-0.4, -0.2) is 7.05 Å². The molecule has 0 bridgehead atoms. The lowest BCUT2D eigenvalue weighted by molar-refractivity contribution is 0.527. The van der Waals surface area contributed by atoms with E-state index in [0.29, 0.717) is 6.04 Å². The van der Waals surface area contributed by atoms with E-state index in [-0.39, 0.29) is 0 Å². The molecule has 1 atom stereocenters. The standard InChI is InChI=1S/C20H27N/c1-3-8-17-13-15-19(16-14-17)20(21-2)12-7-11-18-9-5-4-6-10-18/h4-6,9-10,13-16,20-21H,3,7-8,11-12H2,1-2H3. The smallest absolute Gasteiger partial charge is 0.0317 e. The van der Waals surface area contributed by atoms with Crippen molar-refractivity contribution in [2.75, 3.05) is 7.05 Å². The maximum atomic E-state index is 3.46. The van der Waals surface area contributed by atoms with E-state index in [9.17, 15) is 0 Å². The van der Waals surface area contributed by atoms with Crippen LogP contribution in [0.15, 0.2) is 54.6 Å². The summed E-state index contributed by atoms with van der Waals surface area (Å²) in [7, 11) is 2.06. The molecule has 0 amide bonds. The topological polar surface area (TPSA) is 12.0 Å². The van der Waals surface area contributed by atoms with Crippen molar-refractivity contribution in [3.05, 3.63) is 71.3 Å². The fraction of sp³-hybridized carbons (Fsp3) is 0.400. The largest absolute Gasteiger partial charge is 0.313 e. The van der Waals surface area contributed by atoms with Crippen molar-refractivity contribution in [2.24, 2.45) is 0 Å². The summed E-state index contributed by atoms with van der Waals surface area (Å²) in [4.78, 5) is 0. The summed E-state index contributed by atoms with van der Waals surface area (Å²) in [5, 5.41) is 3.46. The normalized spacial score (nSPS) is 12.3. The molecular weight excluding hydrogens is 254 g/mol. The second-order valence-corrected chi connectivity index (χ2v) is 5.71. The molecule has 2 rings (SSSR count). The average molecular weight is 281 g/mol. The number of aryl methyl sites for hydroxylation is 2. The molecule has 0 saturated carbocycles. The van der Waals surface area contributed by atoms with Crippen molar-refractivity contribution in [1.29, 1.82) is 0 Å². The molecule has 0 aliphatic rings. The van der Waals surface area contributed by atoms with Crippen LogP contribution in [0, 0.1) is 0 Å². The van der Waals surface area contributed by atoms with Crippen LogP contribution in [-0.2, 0) is 12.8 Å². The first-order chi connectivity index (χ1) is 10.3. The minimum atomic E-state index is 0.462. The van der Waals surface area contributed by atoms with Gasteiger partial charge in [0.2, 0.25) is 0 Å². The average Bonchev–Trinajstić information content (AvgIpc) is 2.54. The minimum absolute atomic E-state index is 0.462. The third-order valence-corrected chi connectivity index (χ3v) is 4.07. The molecule has 112 valence electrons. The van der Waals surface area contributed by atoms with Crippen molar-refractivity contribution >= 4 is 0 Å². The van der Waals surface area contributed by atoms with Gasteiger partial charge in [0, 0.05) is 6.04 Å². The van der Waals surface area contributed by atoms with Gasteiger partial charge in [0.15, 0.2) is 0 Å². The van der Waals surface area contributed by atoms with Gasteiger partial charge in [-0.3, -0.25) is 0 Å². The Labute approximate surface area is 129 Å². The molecule has 1 N–H and O–H groups in total. The molecule has 21 heavy (non-hydrogen) atoms. The highest BCUT2D eigenvalue weighted by Gasteiger charge is 2.08. The quantitative estimate of drug-likeness (QED) is 0.724. The highest BCUT2D eigenvalue weighted by Crippen LogP contribution is 2.20. The molecule has 1 nitrogen and oxygen atoms in total. The third-order valence-electron chi connectivity index (χ3n) is 4.07. The van der Waals surface area contributed by atoms with Crippen LogP contribution in [0.5, 0.6) is 0 Å². The molecule has 0 aliphatic heterocycles. The van der Waals surface area contributed by atoms with Crippen LogP contribution in [0.4, 0.5) is 0 Å². The van der Waals surface area contributed by atoms with Crippen LogP contribution in [0.1, 0.15) is 48.9 Å². The molecule has 0 saturated heterocycles. The number of nitrogens with one attached hydrogen (secondary N) is 1. The third kappa shape index (κ3) is 5.02. The Balaban J connectivity index is 1.87. The highest BCUT2D eigenvalue weighted by molar-refractivity contribution is 5.25. The second kappa shape index (κ2) is 8.63. The van der Waals surface area contributed by atoms with Crippen molar-refractivity contribution in [2.45, 2.75) is 45.1 Å². The molecule has 0 heterocycles. The van der Waals surface area contributed by atoms with Gasteiger partial charge in [-0.05, 0) is 49.4 Å². The van der Waals surface area contributed by atoms with E-state index in [4.69, 9.17) is 0 Å². The number of benzene rings is 2. The van der Waals surface area contributed by atoms with Gasteiger partial charge >= 0.3 is 0 Å². The van der Waals surface area contributed by atoms with Gasteiger partial charge in [0.1, 0.15) is 0 Å². The number of hydrogen-bond acceptors (Lipinski definition) is 1. The van der Waals surface area contributed by atoms with E-state index in [0.717, 1.165) is 6.42 Å². The van der Waals surface area contributed by atoms with E-state index >= 15 is 0 Å². The van der Waals surface area contributed by atoms with Crippen LogP contribution < -0.4 is 5.32 Å². The zero-order valence-corrected chi connectivity index (χ0v) is 13.3. The summed E-state index contributed by atoms with van der Waals surface area (Å²) < 4.78 is 0. The van der Waals surface area contributed by atoms with E-state index in [1.54, 1.807) is 0 Å². The summed E-state index contributed by atoms with van der Waals surface area (Å²) in [6, 6.07) is 20.3. The SMILES string of the molecule is CCCc1ccc(C(CCCc2ccccc2)NC)cc1. The van der Waals surface area contributed by atoms with E-state index in [2.05, 4.69) is 73.9 Å². The van der Waals surface area contributed by atoms with Crippen LogP contribution in [0.2, 0.25) is 0 Å². The molecule has 0 aromatic heterocycles. The molecule has 1 unspecified atom stereocenters. The van der Waals surface area contributed by atoms with Crippen molar-refractivity contribution in [3.63, 3.8) is 0 Å². The Bertz CT molecular complexity index is 501. The zero-order chi connectivity index (χ0) is 14.9. The Hall–Kier alpha value is -1.60. The van der Waals surface area contributed by atoms with Gasteiger partial charge in [0.25, 0.3) is 0 Å². The molecule has 2 aromatic rings. The van der Waals surface area contributed by atoms with Crippen LogP contribution in [0.3, 0.4) is 0 Å². The maximum Gasteiger partial charge on any atom is 0.0317 e. The van der Waals surface area contributed by atoms with Crippen molar-refractivity contribution < 1.29 is 0 Å². The second-order valence-electron chi connectivity index (χ2n) is 5.71. The van der Waals surface area contributed by atoms with Gasteiger partial charge in [-0.1, -0.05) is 67.9 Å². The van der Waals surface area contributed by atoms with E-state index in [1.807, 2.05) is 0 Å². The Morgan fingerprint density at radius 1 is 0.857 bits per heavy atom. The van der Waals surface area contributed by atoms with Crippen molar-refractivity contribution in [1.82, 2.24) is 5.32 Å². The van der Waals surface area contributed by atoms with Crippen LogP contribution >= 0.6 is 0 Å². The molecule has 0 spiro atoms. The predicted octanol–water partition coefficient (Wildman–Crippen LogP) is 4.92. The van der Waals surface area contributed by atoms with Gasteiger partial charge in [-0.2, -0.15) is 0 Å². The Morgan fingerprint density at radius 2 is 1.52 bits per heavy atom. The van der Waals surface area contributed by atoms with Gasteiger partial charge < -0.3 is 5.32 Å². The fourth-order valence-electron chi connectivity index (χ4n) is 2.84. The lowest BCUT2D eigenvalue weighted by atomic mass is 9.97. The minimum Gasteiger partial charge on any atom is -0.313 e. The number of rotatable bonds is 8. The lowest BCUT2D eigenvalue weighted by Gasteiger charge is -2.17. The lowest BCUT2D eigenvalue weighted by Crippen LogP contribution is -2.16. The predicted molar refractivity (Wildman–Crippen MR) is 91.6 cm³/mol. The summed E-state index contributed by atoms with van der Waals surface area (Å²) in [6.07, 6.45) is 5.95. The zero-order valence-electron chi connectivity index (χ0n) is 13.3. The fourth-order valence-corrected chi connectivity index (χ4v) is 2.84. The molecule has 0 aliphatic carbocycles.